The Kier molecular flexibility index (Phi) is 1.89. The SMILES string of the molecule is CC1=NCC(c2c[nH]c3cc(O)ccc23)N1. The number of phenols is 1. The molecule has 1 aromatic carbocycles. The lowest BCUT2D eigenvalue weighted by Gasteiger charge is -2.09. The van der Waals surface area contributed by atoms with E-state index >= 15 is 0 Å². The van der Waals surface area contributed by atoms with Gasteiger partial charge in [0.2, 0.25) is 0 Å². The number of nitrogens with one attached hydrogen (secondary N) is 2. The zero-order chi connectivity index (χ0) is 11.1. The van der Waals surface area contributed by atoms with Gasteiger partial charge in [-0.1, -0.05) is 0 Å². The highest BCUT2D eigenvalue weighted by Gasteiger charge is 2.19. The molecule has 0 saturated carbocycles. The first kappa shape index (κ1) is 9.27. The maximum Gasteiger partial charge on any atom is 0.117 e. The van der Waals surface area contributed by atoms with E-state index in [-0.39, 0.29) is 11.8 Å². The summed E-state index contributed by atoms with van der Waals surface area (Å²) >= 11 is 0. The van der Waals surface area contributed by atoms with Crippen LogP contribution in [0.25, 0.3) is 10.9 Å². The minimum absolute atomic E-state index is 0.248. The molecule has 0 spiro atoms. The molecule has 1 aliphatic heterocycles. The normalized spacial score (nSPS) is 19.8. The van der Waals surface area contributed by atoms with E-state index in [2.05, 4.69) is 15.3 Å². The highest BCUT2D eigenvalue weighted by molar-refractivity contribution is 5.87. The monoisotopic (exact) mass is 215 g/mol. The Morgan fingerprint density at radius 3 is 3.06 bits per heavy atom. The van der Waals surface area contributed by atoms with Crippen LogP contribution in [0.3, 0.4) is 0 Å². The Morgan fingerprint density at radius 2 is 2.31 bits per heavy atom. The molecule has 0 saturated heterocycles. The molecule has 1 aromatic heterocycles. The summed E-state index contributed by atoms with van der Waals surface area (Å²) in [7, 11) is 0. The van der Waals surface area contributed by atoms with Crippen LogP contribution in [0.2, 0.25) is 0 Å². The molecule has 2 heterocycles. The number of H-pyrrole nitrogens is 1. The summed E-state index contributed by atoms with van der Waals surface area (Å²) < 4.78 is 0. The van der Waals surface area contributed by atoms with Gasteiger partial charge in [0.25, 0.3) is 0 Å². The first-order valence-electron chi connectivity index (χ1n) is 5.31. The van der Waals surface area contributed by atoms with Crippen molar-refractivity contribution in [2.24, 2.45) is 4.99 Å². The van der Waals surface area contributed by atoms with Crippen LogP contribution < -0.4 is 5.32 Å². The van der Waals surface area contributed by atoms with Gasteiger partial charge in [0.05, 0.1) is 18.4 Å². The van der Waals surface area contributed by atoms with E-state index in [4.69, 9.17) is 0 Å². The summed E-state index contributed by atoms with van der Waals surface area (Å²) in [6.45, 7) is 2.75. The summed E-state index contributed by atoms with van der Waals surface area (Å²) in [5.41, 5.74) is 2.16. The molecular formula is C12H13N3O. The topological polar surface area (TPSA) is 60.4 Å². The van der Waals surface area contributed by atoms with Gasteiger partial charge >= 0.3 is 0 Å². The molecule has 0 bridgehead atoms. The third-order valence-electron chi connectivity index (χ3n) is 2.97. The number of hydrogen-bond acceptors (Lipinski definition) is 3. The van der Waals surface area contributed by atoms with Crippen molar-refractivity contribution in [1.29, 1.82) is 0 Å². The van der Waals surface area contributed by atoms with Gasteiger partial charge in [0, 0.05) is 28.7 Å². The van der Waals surface area contributed by atoms with Crippen molar-refractivity contribution < 1.29 is 5.11 Å². The first-order valence-corrected chi connectivity index (χ1v) is 5.31. The number of phenolic OH excluding ortho intramolecular Hbond substituents is 1. The molecule has 0 radical (unpaired) electrons. The van der Waals surface area contributed by atoms with Gasteiger partial charge in [-0.15, -0.1) is 0 Å². The third kappa shape index (κ3) is 1.34. The van der Waals surface area contributed by atoms with Crippen LogP contribution in [0, 0.1) is 0 Å². The lowest BCUT2D eigenvalue weighted by atomic mass is 10.1. The third-order valence-corrected chi connectivity index (χ3v) is 2.97. The first-order chi connectivity index (χ1) is 7.74. The van der Waals surface area contributed by atoms with E-state index < -0.39 is 0 Å². The van der Waals surface area contributed by atoms with Gasteiger partial charge in [-0.3, -0.25) is 4.99 Å². The molecule has 4 nitrogen and oxygen atoms in total. The number of aromatic amines is 1. The second-order valence-corrected chi connectivity index (χ2v) is 4.10. The van der Waals surface area contributed by atoms with Crippen LogP contribution in [0.5, 0.6) is 5.75 Å². The van der Waals surface area contributed by atoms with Crippen LogP contribution >= 0.6 is 0 Å². The fraction of sp³-hybridized carbons (Fsp3) is 0.250. The van der Waals surface area contributed by atoms with E-state index in [0.29, 0.717) is 0 Å². The number of aromatic nitrogens is 1. The van der Waals surface area contributed by atoms with Gasteiger partial charge in [0.15, 0.2) is 0 Å². The second-order valence-electron chi connectivity index (χ2n) is 4.10. The average molecular weight is 215 g/mol. The maximum absolute atomic E-state index is 9.39. The van der Waals surface area contributed by atoms with Crippen LogP contribution in [-0.2, 0) is 0 Å². The van der Waals surface area contributed by atoms with Crippen LogP contribution in [0.4, 0.5) is 0 Å². The number of hydrogen-bond donors (Lipinski definition) is 3. The van der Waals surface area contributed by atoms with Crippen molar-refractivity contribution in [2.75, 3.05) is 6.54 Å². The van der Waals surface area contributed by atoms with E-state index in [1.54, 1.807) is 12.1 Å². The average Bonchev–Trinajstić information content (AvgIpc) is 2.83. The largest absolute Gasteiger partial charge is 0.508 e. The smallest absolute Gasteiger partial charge is 0.117 e. The summed E-state index contributed by atoms with van der Waals surface area (Å²) in [6, 6.07) is 5.63. The molecule has 3 rings (SSSR count). The molecule has 0 aliphatic carbocycles. The van der Waals surface area contributed by atoms with Crippen LogP contribution in [0.1, 0.15) is 18.5 Å². The van der Waals surface area contributed by atoms with Gasteiger partial charge < -0.3 is 15.4 Å². The van der Waals surface area contributed by atoms with E-state index in [1.807, 2.05) is 19.2 Å². The van der Waals surface area contributed by atoms with Crippen molar-refractivity contribution in [3.8, 4) is 5.75 Å². The van der Waals surface area contributed by atoms with Crippen molar-refractivity contribution >= 4 is 16.7 Å². The summed E-state index contributed by atoms with van der Waals surface area (Å²) in [5, 5.41) is 13.9. The molecule has 2 aromatic rings. The molecule has 16 heavy (non-hydrogen) atoms. The number of fused-ring (bicyclic) bond motifs is 1. The highest BCUT2D eigenvalue weighted by atomic mass is 16.3. The Morgan fingerprint density at radius 1 is 1.44 bits per heavy atom. The summed E-state index contributed by atoms with van der Waals surface area (Å²) in [6.07, 6.45) is 1.98. The van der Waals surface area contributed by atoms with E-state index in [9.17, 15) is 5.11 Å². The zero-order valence-corrected chi connectivity index (χ0v) is 8.99. The lowest BCUT2D eigenvalue weighted by Crippen LogP contribution is -2.20. The number of rotatable bonds is 1. The predicted molar refractivity (Wildman–Crippen MR) is 63.8 cm³/mol. The predicted octanol–water partition coefficient (Wildman–Crippen LogP) is 1.94. The number of aliphatic imine (C=N–C) groups is 1. The molecule has 3 N–H and O–H groups in total. The quantitative estimate of drug-likeness (QED) is 0.680. The molecule has 0 fully saturated rings. The molecule has 1 aliphatic rings. The highest BCUT2D eigenvalue weighted by Crippen LogP contribution is 2.28. The Hall–Kier alpha value is -1.97. The number of amidine groups is 1. The van der Waals surface area contributed by atoms with Gasteiger partial charge in [-0.05, 0) is 19.1 Å². The minimum Gasteiger partial charge on any atom is -0.508 e. The Labute approximate surface area is 93.0 Å². The summed E-state index contributed by atoms with van der Waals surface area (Å²) in [5.74, 6) is 1.27. The standard InChI is InChI=1S/C12H13N3O/c1-7-13-6-12(15-7)10-5-14-11-4-8(16)2-3-9(10)11/h2-5,12,14,16H,6H2,1H3,(H,13,15). The van der Waals surface area contributed by atoms with Crippen molar-refractivity contribution in [1.82, 2.24) is 10.3 Å². The van der Waals surface area contributed by atoms with Crippen LogP contribution in [-0.4, -0.2) is 22.5 Å². The number of benzene rings is 1. The van der Waals surface area contributed by atoms with Crippen molar-refractivity contribution in [2.45, 2.75) is 13.0 Å². The van der Waals surface area contributed by atoms with Gasteiger partial charge in [-0.2, -0.15) is 0 Å². The molecule has 1 atom stereocenters. The van der Waals surface area contributed by atoms with E-state index in [0.717, 1.165) is 23.3 Å². The number of nitrogens with zero attached hydrogens (tertiary/aromatic N) is 1. The lowest BCUT2D eigenvalue weighted by molar-refractivity contribution is 0.476. The molecule has 1 unspecified atom stereocenters. The second kappa shape index (κ2) is 3.27. The minimum atomic E-state index is 0.248. The summed E-state index contributed by atoms with van der Waals surface area (Å²) in [4.78, 5) is 7.51. The van der Waals surface area contributed by atoms with Gasteiger partial charge in [-0.25, -0.2) is 0 Å². The van der Waals surface area contributed by atoms with Crippen molar-refractivity contribution in [3.63, 3.8) is 0 Å². The fourth-order valence-corrected chi connectivity index (χ4v) is 2.17. The zero-order valence-electron chi connectivity index (χ0n) is 8.99. The van der Waals surface area contributed by atoms with Crippen molar-refractivity contribution in [3.05, 3.63) is 30.0 Å². The molecule has 0 amide bonds. The number of aromatic hydroxyl groups is 1. The van der Waals surface area contributed by atoms with Gasteiger partial charge in [0.1, 0.15) is 5.75 Å². The Balaban J connectivity index is 2.05. The molecule has 4 heteroatoms. The molecule has 82 valence electrons. The molecular weight excluding hydrogens is 202 g/mol. The Bertz CT molecular complexity index is 571. The van der Waals surface area contributed by atoms with E-state index in [1.165, 1.54) is 5.56 Å². The van der Waals surface area contributed by atoms with Crippen LogP contribution in [0.15, 0.2) is 29.4 Å². The maximum atomic E-state index is 9.39. The fourth-order valence-electron chi connectivity index (χ4n) is 2.17.